The molecule has 7 nitrogen and oxygen atoms in total. The summed E-state index contributed by atoms with van der Waals surface area (Å²) in [5.74, 6) is -1.16. The predicted molar refractivity (Wildman–Crippen MR) is 58.4 cm³/mol. The quantitative estimate of drug-likeness (QED) is 0.611. The Morgan fingerprint density at radius 3 is 2.44 bits per heavy atom. The molecule has 88 valence electrons. The number of anilines is 1. The summed E-state index contributed by atoms with van der Waals surface area (Å²) in [5, 5.41) is 6.34. The topological polar surface area (TPSA) is 116 Å². The van der Waals surface area contributed by atoms with Gasteiger partial charge in [0.25, 0.3) is 5.91 Å². The molecule has 0 aliphatic rings. The van der Waals surface area contributed by atoms with Crippen LogP contribution < -0.4 is 16.8 Å². The highest BCUT2D eigenvalue weighted by Crippen LogP contribution is 2.10. The Labute approximate surface area is 92.8 Å². The van der Waals surface area contributed by atoms with Crippen LogP contribution in [0.15, 0.2) is 6.20 Å². The van der Waals surface area contributed by atoms with E-state index in [9.17, 15) is 9.59 Å². The van der Waals surface area contributed by atoms with E-state index in [1.807, 2.05) is 0 Å². The summed E-state index contributed by atoms with van der Waals surface area (Å²) in [6.45, 7) is 3.01. The van der Waals surface area contributed by atoms with E-state index in [1.54, 1.807) is 7.05 Å². The Morgan fingerprint density at radius 1 is 1.50 bits per heavy atom. The molecule has 0 aliphatic heterocycles. The molecule has 0 aromatic carbocycles. The van der Waals surface area contributed by atoms with Crippen LogP contribution in [0, 0.1) is 0 Å². The molecule has 2 amide bonds. The van der Waals surface area contributed by atoms with Gasteiger partial charge in [-0.25, -0.2) is 0 Å². The maximum Gasteiger partial charge on any atom is 0.274 e. The number of nitrogens with two attached hydrogens (primary N) is 2. The van der Waals surface area contributed by atoms with E-state index in [0.29, 0.717) is 0 Å². The van der Waals surface area contributed by atoms with Gasteiger partial charge in [0.2, 0.25) is 5.91 Å². The number of amides is 2. The van der Waals surface area contributed by atoms with Crippen LogP contribution in [0.2, 0.25) is 0 Å². The fourth-order valence-corrected chi connectivity index (χ4v) is 1.09. The van der Waals surface area contributed by atoms with Crippen molar-refractivity contribution in [3.8, 4) is 0 Å². The number of nitrogens with zero attached hydrogens (tertiary/aromatic N) is 2. The molecule has 0 spiro atoms. The monoisotopic (exact) mass is 225 g/mol. The Balaban J connectivity index is 2.89. The van der Waals surface area contributed by atoms with Crippen molar-refractivity contribution in [3.05, 3.63) is 11.9 Å². The van der Waals surface area contributed by atoms with Crippen molar-refractivity contribution in [1.29, 1.82) is 0 Å². The fraction of sp³-hybridized carbons (Fsp3) is 0.444. The zero-order valence-electron chi connectivity index (χ0n) is 9.44. The zero-order chi connectivity index (χ0) is 12.5. The molecule has 0 unspecified atom stereocenters. The number of carbonyl (C=O) groups excluding carboxylic acids is 2. The third-order valence-corrected chi connectivity index (χ3v) is 2.11. The minimum atomic E-state index is -1.14. The summed E-state index contributed by atoms with van der Waals surface area (Å²) in [4.78, 5) is 22.8. The Hall–Kier alpha value is -2.05. The molecule has 0 saturated carbocycles. The largest absolute Gasteiger partial charge is 0.396 e. The van der Waals surface area contributed by atoms with Gasteiger partial charge < -0.3 is 16.8 Å². The summed E-state index contributed by atoms with van der Waals surface area (Å²) < 4.78 is 1.42. The van der Waals surface area contributed by atoms with Gasteiger partial charge in [0.1, 0.15) is 5.54 Å². The molecule has 0 bridgehead atoms. The standard InChI is InChI=1S/C9H15N5O2/c1-9(2,8(11)16)12-7(15)6-5(10)4-14(3)13-6/h4H,10H2,1-3H3,(H2,11,16)(H,12,15). The summed E-state index contributed by atoms with van der Waals surface area (Å²) in [5.41, 5.74) is 9.90. The number of rotatable bonds is 3. The molecule has 1 heterocycles. The minimum absolute atomic E-state index is 0.0804. The van der Waals surface area contributed by atoms with Gasteiger partial charge in [-0.3, -0.25) is 14.3 Å². The van der Waals surface area contributed by atoms with Crippen molar-refractivity contribution in [1.82, 2.24) is 15.1 Å². The molecule has 5 N–H and O–H groups in total. The maximum atomic E-state index is 11.7. The molecule has 1 aromatic heterocycles. The highest BCUT2D eigenvalue weighted by atomic mass is 16.2. The van der Waals surface area contributed by atoms with Crippen LogP contribution in [0.4, 0.5) is 5.69 Å². The molecular weight excluding hydrogens is 210 g/mol. The third kappa shape index (κ3) is 2.30. The molecule has 0 aliphatic carbocycles. The number of hydrogen-bond donors (Lipinski definition) is 3. The van der Waals surface area contributed by atoms with Crippen LogP contribution >= 0.6 is 0 Å². The first-order valence-corrected chi connectivity index (χ1v) is 4.65. The fourth-order valence-electron chi connectivity index (χ4n) is 1.09. The lowest BCUT2D eigenvalue weighted by Gasteiger charge is -2.21. The van der Waals surface area contributed by atoms with Crippen molar-refractivity contribution >= 4 is 17.5 Å². The van der Waals surface area contributed by atoms with Gasteiger partial charge in [-0.2, -0.15) is 5.10 Å². The van der Waals surface area contributed by atoms with E-state index in [2.05, 4.69) is 10.4 Å². The second-order valence-electron chi connectivity index (χ2n) is 4.05. The van der Waals surface area contributed by atoms with Crippen LogP contribution in [0.1, 0.15) is 24.3 Å². The lowest BCUT2D eigenvalue weighted by atomic mass is 10.1. The van der Waals surface area contributed by atoms with Crippen molar-refractivity contribution in [2.45, 2.75) is 19.4 Å². The average molecular weight is 225 g/mol. The number of aryl methyl sites for hydroxylation is 1. The van der Waals surface area contributed by atoms with E-state index >= 15 is 0 Å². The average Bonchev–Trinajstić information content (AvgIpc) is 2.44. The molecular formula is C9H15N5O2. The van der Waals surface area contributed by atoms with Crippen LogP contribution in [0.5, 0.6) is 0 Å². The summed E-state index contributed by atoms with van der Waals surface area (Å²) in [6.07, 6.45) is 1.51. The first-order chi connectivity index (χ1) is 7.24. The Kier molecular flexibility index (Phi) is 2.88. The zero-order valence-corrected chi connectivity index (χ0v) is 9.44. The van der Waals surface area contributed by atoms with Crippen molar-refractivity contribution in [2.24, 2.45) is 12.8 Å². The molecule has 0 radical (unpaired) electrons. The molecule has 0 fully saturated rings. The number of nitrogens with one attached hydrogen (secondary N) is 1. The number of aromatic nitrogens is 2. The van der Waals surface area contributed by atoms with Gasteiger partial charge in [-0.1, -0.05) is 0 Å². The van der Waals surface area contributed by atoms with Gasteiger partial charge in [0.05, 0.1) is 5.69 Å². The van der Waals surface area contributed by atoms with Crippen LogP contribution in [-0.4, -0.2) is 27.1 Å². The lowest BCUT2D eigenvalue weighted by Crippen LogP contribution is -2.53. The normalized spacial score (nSPS) is 11.2. The SMILES string of the molecule is Cn1cc(N)c(C(=O)NC(C)(C)C(N)=O)n1. The molecule has 0 saturated heterocycles. The summed E-state index contributed by atoms with van der Waals surface area (Å²) in [6, 6.07) is 0. The van der Waals surface area contributed by atoms with Gasteiger partial charge in [-0.15, -0.1) is 0 Å². The Bertz CT molecular complexity index is 435. The molecule has 16 heavy (non-hydrogen) atoms. The second-order valence-corrected chi connectivity index (χ2v) is 4.05. The molecule has 1 rings (SSSR count). The van der Waals surface area contributed by atoms with E-state index < -0.39 is 17.4 Å². The number of carbonyl (C=O) groups is 2. The van der Waals surface area contributed by atoms with E-state index in [0.717, 1.165) is 0 Å². The molecule has 1 aromatic rings. The van der Waals surface area contributed by atoms with E-state index in [4.69, 9.17) is 11.5 Å². The van der Waals surface area contributed by atoms with Crippen LogP contribution in [0.25, 0.3) is 0 Å². The maximum absolute atomic E-state index is 11.7. The van der Waals surface area contributed by atoms with Gasteiger partial charge in [-0.05, 0) is 13.8 Å². The predicted octanol–water partition coefficient (Wildman–Crippen LogP) is -1.00. The van der Waals surface area contributed by atoms with Gasteiger partial charge in [0.15, 0.2) is 5.69 Å². The third-order valence-electron chi connectivity index (χ3n) is 2.11. The van der Waals surface area contributed by atoms with Crippen LogP contribution in [-0.2, 0) is 11.8 Å². The van der Waals surface area contributed by atoms with Crippen molar-refractivity contribution in [2.75, 3.05) is 5.73 Å². The van der Waals surface area contributed by atoms with E-state index in [1.165, 1.54) is 24.7 Å². The number of primary amides is 1. The van der Waals surface area contributed by atoms with Crippen molar-refractivity contribution in [3.63, 3.8) is 0 Å². The molecule has 7 heteroatoms. The van der Waals surface area contributed by atoms with Gasteiger partial charge >= 0.3 is 0 Å². The van der Waals surface area contributed by atoms with Crippen molar-refractivity contribution < 1.29 is 9.59 Å². The first-order valence-electron chi connectivity index (χ1n) is 4.65. The summed E-state index contributed by atoms with van der Waals surface area (Å²) in [7, 11) is 1.65. The smallest absolute Gasteiger partial charge is 0.274 e. The minimum Gasteiger partial charge on any atom is -0.396 e. The highest BCUT2D eigenvalue weighted by molar-refractivity contribution is 6.00. The van der Waals surface area contributed by atoms with Crippen LogP contribution in [0.3, 0.4) is 0 Å². The Morgan fingerprint density at radius 2 is 2.06 bits per heavy atom. The molecule has 0 atom stereocenters. The number of nitrogen functional groups attached to an aromatic ring is 1. The van der Waals surface area contributed by atoms with E-state index in [-0.39, 0.29) is 11.4 Å². The second kappa shape index (κ2) is 3.84. The highest BCUT2D eigenvalue weighted by Gasteiger charge is 2.28. The summed E-state index contributed by atoms with van der Waals surface area (Å²) >= 11 is 0. The van der Waals surface area contributed by atoms with Gasteiger partial charge in [0, 0.05) is 13.2 Å². The lowest BCUT2D eigenvalue weighted by molar-refractivity contribution is -0.122. The number of hydrogen-bond acceptors (Lipinski definition) is 4. The first kappa shape index (κ1) is 12.0.